The topological polar surface area (TPSA) is 97.2 Å². The smallest absolute Gasteiger partial charge is 0.269 e. The van der Waals surface area contributed by atoms with Gasteiger partial charge in [-0.2, -0.15) is 5.10 Å². The maximum absolute atomic E-state index is 13.0. The Kier molecular flexibility index (Phi) is 5.47. The highest BCUT2D eigenvalue weighted by atomic mass is 16.5. The molecule has 4 rings (SSSR count). The van der Waals surface area contributed by atoms with Gasteiger partial charge in [0.2, 0.25) is 0 Å². The summed E-state index contributed by atoms with van der Waals surface area (Å²) in [6, 6.07) is 14.7. The van der Waals surface area contributed by atoms with Gasteiger partial charge in [-0.15, -0.1) is 10.2 Å². The third-order valence-corrected chi connectivity index (χ3v) is 4.87. The van der Waals surface area contributed by atoms with E-state index in [-0.39, 0.29) is 11.9 Å². The van der Waals surface area contributed by atoms with Gasteiger partial charge in [0.15, 0.2) is 11.5 Å². The van der Waals surface area contributed by atoms with E-state index in [0.29, 0.717) is 23.1 Å². The van der Waals surface area contributed by atoms with Gasteiger partial charge in [0.05, 0.1) is 18.8 Å². The number of hydrogen-bond acceptors (Lipinski definition) is 5. The summed E-state index contributed by atoms with van der Waals surface area (Å²) >= 11 is 0. The highest BCUT2D eigenvalue weighted by molar-refractivity contribution is 5.93. The van der Waals surface area contributed by atoms with Crippen molar-refractivity contribution in [2.45, 2.75) is 26.3 Å². The number of methoxy groups -OCH3 is 1. The van der Waals surface area contributed by atoms with Crippen molar-refractivity contribution in [3.8, 4) is 17.0 Å². The van der Waals surface area contributed by atoms with Crippen molar-refractivity contribution in [1.82, 2.24) is 30.1 Å². The second-order valence-electron chi connectivity index (χ2n) is 7.54. The van der Waals surface area contributed by atoms with Crippen LogP contribution in [0.5, 0.6) is 5.75 Å². The molecule has 30 heavy (non-hydrogen) atoms. The summed E-state index contributed by atoms with van der Waals surface area (Å²) < 4.78 is 7.09. The molecule has 0 saturated carbocycles. The van der Waals surface area contributed by atoms with Gasteiger partial charge in [-0.25, -0.2) is 0 Å². The minimum Gasteiger partial charge on any atom is -0.497 e. The van der Waals surface area contributed by atoms with Crippen LogP contribution in [0.15, 0.2) is 54.7 Å². The molecule has 0 spiro atoms. The lowest BCUT2D eigenvalue weighted by Gasteiger charge is -2.18. The summed E-state index contributed by atoms with van der Waals surface area (Å²) in [5, 5.41) is 18.8. The fourth-order valence-corrected chi connectivity index (χ4v) is 3.38. The van der Waals surface area contributed by atoms with Gasteiger partial charge < -0.3 is 10.1 Å². The summed E-state index contributed by atoms with van der Waals surface area (Å²) in [6.07, 6.45) is 2.64. The van der Waals surface area contributed by atoms with Gasteiger partial charge in [0.25, 0.3) is 5.91 Å². The summed E-state index contributed by atoms with van der Waals surface area (Å²) in [5.41, 5.74) is 2.73. The summed E-state index contributed by atoms with van der Waals surface area (Å²) in [4.78, 5) is 13.0. The molecule has 1 aromatic carbocycles. The van der Waals surface area contributed by atoms with Crippen molar-refractivity contribution in [2.24, 2.45) is 5.92 Å². The van der Waals surface area contributed by atoms with E-state index in [1.807, 2.05) is 53.1 Å². The van der Waals surface area contributed by atoms with Crippen molar-refractivity contribution in [2.75, 3.05) is 7.11 Å². The van der Waals surface area contributed by atoms with Crippen molar-refractivity contribution < 1.29 is 9.53 Å². The molecule has 0 aliphatic carbocycles. The monoisotopic (exact) mass is 404 g/mol. The molecule has 3 heterocycles. The van der Waals surface area contributed by atoms with Crippen LogP contribution >= 0.6 is 0 Å². The molecule has 8 heteroatoms. The quantitative estimate of drug-likeness (QED) is 0.490. The second-order valence-corrected chi connectivity index (χ2v) is 7.54. The van der Waals surface area contributed by atoms with Crippen LogP contribution in [0.1, 0.15) is 42.6 Å². The minimum absolute atomic E-state index is 0.236. The highest BCUT2D eigenvalue weighted by Crippen LogP contribution is 2.23. The number of carbonyl (C=O) groups excluding carboxylic acids is 1. The molecule has 2 N–H and O–H groups in total. The first-order chi connectivity index (χ1) is 14.5. The number of hydrogen-bond donors (Lipinski definition) is 2. The average molecular weight is 404 g/mol. The zero-order valence-electron chi connectivity index (χ0n) is 17.2. The van der Waals surface area contributed by atoms with E-state index in [4.69, 9.17) is 4.74 Å². The number of benzene rings is 1. The minimum atomic E-state index is -0.275. The molecule has 0 radical (unpaired) electrons. The Balaban J connectivity index is 1.56. The fraction of sp³-hybridized carbons (Fsp3) is 0.273. The summed E-state index contributed by atoms with van der Waals surface area (Å²) in [6.45, 7) is 4.22. The number of H-pyrrole nitrogens is 1. The van der Waals surface area contributed by atoms with E-state index >= 15 is 0 Å². The number of fused-ring (bicyclic) bond motifs is 1. The zero-order chi connectivity index (χ0) is 21.1. The number of amides is 1. The molecule has 0 fully saturated rings. The molecular formula is C22H24N6O2. The zero-order valence-corrected chi connectivity index (χ0v) is 17.2. The molecule has 154 valence electrons. The van der Waals surface area contributed by atoms with E-state index in [1.54, 1.807) is 13.2 Å². The lowest BCUT2D eigenvalue weighted by atomic mass is 10.0. The number of aromatic amines is 1. The fourth-order valence-electron chi connectivity index (χ4n) is 3.38. The van der Waals surface area contributed by atoms with E-state index in [2.05, 4.69) is 39.6 Å². The standard InChI is InChI=1S/C22H24N6O2/c1-14(2)12-18(21-27-26-20-6-4-5-11-28(20)21)23-22(29)19-13-17(24-25-19)15-7-9-16(30-3)10-8-15/h4-11,13-14,18H,12H2,1-3H3,(H,23,29)(H,24,25)/t18-/m1/s1. The Hall–Kier alpha value is -3.68. The van der Waals surface area contributed by atoms with E-state index < -0.39 is 0 Å². The van der Waals surface area contributed by atoms with Gasteiger partial charge in [-0.3, -0.25) is 14.3 Å². The molecule has 3 aromatic heterocycles. The van der Waals surface area contributed by atoms with Gasteiger partial charge >= 0.3 is 0 Å². The number of pyridine rings is 1. The molecule has 8 nitrogen and oxygen atoms in total. The normalized spacial score (nSPS) is 12.3. The number of ether oxygens (including phenoxy) is 1. The number of nitrogens with one attached hydrogen (secondary N) is 2. The molecule has 1 amide bonds. The van der Waals surface area contributed by atoms with Gasteiger partial charge in [-0.05, 0) is 54.8 Å². The van der Waals surface area contributed by atoms with Crippen molar-refractivity contribution >= 4 is 11.6 Å². The first-order valence-corrected chi connectivity index (χ1v) is 9.85. The van der Waals surface area contributed by atoms with Crippen LogP contribution in [0.2, 0.25) is 0 Å². The van der Waals surface area contributed by atoms with Crippen LogP contribution in [-0.2, 0) is 0 Å². The lowest BCUT2D eigenvalue weighted by Crippen LogP contribution is -2.31. The predicted molar refractivity (Wildman–Crippen MR) is 113 cm³/mol. The van der Waals surface area contributed by atoms with Crippen LogP contribution in [0, 0.1) is 5.92 Å². The number of nitrogens with zero attached hydrogens (tertiary/aromatic N) is 4. The lowest BCUT2D eigenvalue weighted by molar-refractivity contribution is 0.0924. The van der Waals surface area contributed by atoms with Gasteiger partial charge in [0.1, 0.15) is 11.4 Å². The van der Waals surface area contributed by atoms with E-state index in [0.717, 1.165) is 23.4 Å². The van der Waals surface area contributed by atoms with Crippen LogP contribution in [-0.4, -0.2) is 37.8 Å². The largest absolute Gasteiger partial charge is 0.497 e. The first kappa shape index (κ1) is 19.6. The van der Waals surface area contributed by atoms with E-state index in [1.165, 1.54) is 0 Å². The molecule has 0 unspecified atom stereocenters. The number of rotatable bonds is 7. The predicted octanol–water partition coefficient (Wildman–Crippen LogP) is 3.65. The summed E-state index contributed by atoms with van der Waals surface area (Å²) in [7, 11) is 1.62. The molecule has 1 atom stereocenters. The van der Waals surface area contributed by atoms with Crippen molar-refractivity contribution in [1.29, 1.82) is 0 Å². The maximum atomic E-state index is 13.0. The van der Waals surface area contributed by atoms with Crippen molar-refractivity contribution in [3.63, 3.8) is 0 Å². The maximum Gasteiger partial charge on any atom is 0.269 e. The second kappa shape index (κ2) is 8.36. The molecule has 4 aromatic rings. The Labute approximate surface area is 174 Å². The summed E-state index contributed by atoms with van der Waals surface area (Å²) in [5.74, 6) is 1.61. The molecule has 0 aliphatic heterocycles. The SMILES string of the molecule is COc1ccc(-c2cc(C(=O)N[C@H](CC(C)C)c3nnc4ccccn34)[nH]n2)cc1. The molecule has 0 saturated heterocycles. The van der Waals surface area contributed by atoms with Crippen LogP contribution in [0.3, 0.4) is 0 Å². The molecule has 0 bridgehead atoms. The average Bonchev–Trinajstić information content (AvgIpc) is 3.41. The first-order valence-electron chi connectivity index (χ1n) is 9.85. The van der Waals surface area contributed by atoms with Crippen LogP contribution in [0.25, 0.3) is 16.9 Å². The van der Waals surface area contributed by atoms with Gasteiger partial charge in [0, 0.05) is 11.8 Å². The number of aromatic nitrogens is 5. The van der Waals surface area contributed by atoms with Crippen molar-refractivity contribution in [3.05, 3.63) is 66.2 Å². The van der Waals surface area contributed by atoms with Gasteiger partial charge in [-0.1, -0.05) is 19.9 Å². The molecule has 0 aliphatic rings. The Morgan fingerprint density at radius 2 is 1.97 bits per heavy atom. The molecular weight excluding hydrogens is 380 g/mol. The highest BCUT2D eigenvalue weighted by Gasteiger charge is 2.23. The third kappa shape index (κ3) is 4.03. The Bertz CT molecular complexity index is 1150. The third-order valence-electron chi connectivity index (χ3n) is 4.87. The van der Waals surface area contributed by atoms with Crippen LogP contribution < -0.4 is 10.1 Å². The Morgan fingerprint density at radius 3 is 2.70 bits per heavy atom. The van der Waals surface area contributed by atoms with E-state index in [9.17, 15) is 4.79 Å². The van der Waals surface area contributed by atoms with Crippen LogP contribution in [0.4, 0.5) is 0 Å². The Morgan fingerprint density at radius 1 is 1.17 bits per heavy atom. The number of carbonyl (C=O) groups is 1.